The van der Waals surface area contributed by atoms with Gasteiger partial charge in [0.1, 0.15) is 6.61 Å². The number of benzene rings is 1. The fourth-order valence-corrected chi connectivity index (χ4v) is 1.78. The number of rotatable bonds is 2. The van der Waals surface area contributed by atoms with Crippen molar-refractivity contribution in [3.05, 3.63) is 34.1 Å². The second kappa shape index (κ2) is 4.69. The molecule has 96 valence electrons. The molecule has 1 aromatic carbocycles. The van der Waals surface area contributed by atoms with Gasteiger partial charge in [-0.1, -0.05) is 21.1 Å². The third-order valence-corrected chi connectivity index (χ3v) is 2.82. The van der Waals surface area contributed by atoms with Gasteiger partial charge in [0.2, 0.25) is 0 Å². The standard InChI is InChI=1S/C10H6BrF3N2O2/c11-7-2-1-5(3-6(7)10(12,13)14)9-15-8(4-17)16-18-9/h1-3,17H,4H2. The van der Waals surface area contributed by atoms with Crippen LogP contribution in [-0.2, 0) is 12.8 Å². The van der Waals surface area contributed by atoms with Crippen molar-refractivity contribution in [2.24, 2.45) is 0 Å². The molecule has 0 aliphatic heterocycles. The lowest BCUT2D eigenvalue weighted by molar-refractivity contribution is -0.138. The molecule has 0 saturated heterocycles. The molecule has 0 bridgehead atoms. The summed E-state index contributed by atoms with van der Waals surface area (Å²) in [7, 11) is 0. The monoisotopic (exact) mass is 322 g/mol. The molecule has 0 unspecified atom stereocenters. The van der Waals surface area contributed by atoms with E-state index in [0.717, 1.165) is 6.07 Å². The fourth-order valence-electron chi connectivity index (χ4n) is 1.31. The lowest BCUT2D eigenvalue weighted by Crippen LogP contribution is -2.06. The van der Waals surface area contributed by atoms with E-state index < -0.39 is 18.3 Å². The molecule has 1 aromatic heterocycles. The summed E-state index contributed by atoms with van der Waals surface area (Å²) in [5.41, 5.74) is -0.693. The molecule has 1 N–H and O–H groups in total. The molecule has 2 rings (SSSR count). The SMILES string of the molecule is OCc1noc(-c2ccc(Br)c(C(F)(F)F)c2)n1. The van der Waals surface area contributed by atoms with Gasteiger partial charge in [0.15, 0.2) is 5.82 Å². The zero-order valence-corrected chi connectivity index (χ0v) is 10.3. The zero-order chi connectivity index (χ0) is 13.3. The molecular weight excluding hydrogens is 317 g/mol. The molecule has 0 atom stereocenters. The predicted octanol–water partition coefficient (Wildman–Crippen LogP) is 3.01. The third-order valence-electron chi connectivity index (χ3n) is 2.13. The highest BCUT2D eigenvalue weighted by Crippen LogP contribution is 2.37. The van der Waals surface area contributed by atoms with Crippen molar-refractivity contribution >= 4 is 15.9 Å². The molecule has 0 saturated carbocycles. The number of halogens is 4. The molecule has 0 aliphatic rings. The van der Waals surface area contributed by atoms with Crippen LogP contribution in [0.5, 0.6) is 0 Å². The first-order valence-electron chi connectivity index (χ1n) is 4.72. The van der Waals surface area contributed by atoms with Gasteiger partial charge < -0.3 is 9.63 Å². The first-order chi connectivity index (χ1) is 8.41. The van der Waals surface area contributed by atoms with Crippen molar-refractivity contribution in [3.63, 3.8) is 0 Å². The minimum absolute atomic E-state index is 0.0153. The lowest BCUT2D eigenvalue weighted by Gasteiger charge is -2.09. The molecule has 8 heteroatoms. The van der Waals surface area contributed by atoms with Crippen molar-refractivity contribution < 1.29 is 22.8 Å². The van der Waals surface area contributed by atoms with Crippen LogP contribution < -0.4 is 0 Å². The Morgan fingerprint density at radius 3 is 2.61 bits per heavy atom. The number of nitrogens with zero attached hydrogens (tertiary/aromatic N) is 2. The number of aliphatic hydroxyl groups excluding tert-OH is 1. The summed E-state index contributed by atoms with van der Waals surface area (Å²) >= 11 is 2.83. The van der Waals surface area contributed by atoms with E-state index >= 15 is 0 Å². The Hall–Kier alpha value is -1.41. The van der Waals surface area contributed by atoms with Crippen molar-refractivity contribution in [2.75, 3.05) is 0 Å². The van der Waals surface area contributed by atoms with Crippen molar-refractivity contribution in [2.45, 2.75) is 12.8 Å². The van der Waals surface area contributed by atoms with Crippen molar-refractivity contribution in [3.8, 4) is 11.5 Å². The minimum Gasteiger partial charge on any atom is -0.388 e. The topological polar surface area (TPSA) is 59.2 Å². The van der Waals surface area contributed by atoms with E-state index in [0.29, 0.717) is 0 Å². The van der Waals surface area contributed by atoms with Crippen LogP contribution in [0.25, 0.3) is 11.5 Å². The summed E-state index contributed by atoms with van der Waals surface area (Å²) in [5, 5.41) is 12.1. The maximum absolute atomic E-state index is 12.7. The van der Waals surface area contributed by atoms with Gasteiger partial charge in [-0.2, -0.15) is 18.2 Å². The summed E-state index contributed by atoms with van der Waals surface area (Å²) in [6.45, 7) is -0.438. The van der Waals surface area contributed by atoms with Crippen LogP contribution in [0.2, 0.25) is 0 Å². The minimum atomic E-state index is -4.48. The summed E-state index contributed by atoms with van der Waals surface area (Å²) in [6, 6.07) is 3.56. The predicted molar refractivity (Wildman–Crippen MR) is 58.4 cm³/mol. The molecule has 18 heavy (non-hydrogen) atoms. The van der Waals surface area contributed by atoms with Crippen molar-refractivity contribution in [1.29, 1.82) is 0 Å². The Labute approximate surface area is 108 Å². The normalized spacial score (nSPS) is 11.8. The number of alkyl halides is 3. The van der Waals surface area contributed by atoms with Gasteiger partial charge in [0.05, 0.1) is 5.56 Å². The number of hydrogen-bond donors (Lipinski definition) is 1. The molecule has 0 amide bonds. The maximum atomic E-state index is 12.7. The van der Waals surface area contributed by atoms with E-state index in [9.17, 15) is 13.2 Å². The van der Waals surface area contributed by atoms with Crippen LogP contribution in [-0.4, -0.2) is 15.2 Å². The van der Waals surface area contributed by atoms with Gasteiger partial charge >= 0.3 is 6.18 Å². The highest BCUT2D eigenvalue weighted by molar-refractivity contribution is 9.10. The van der Waals surface area contributed by atoms with Crippen LogP contribution in [0.1, 0.15) is 11.4 Å². The maximum Gasteiger partial charge on any atom is 0.417 e. The van der Waals surface area contributed by atoms with Crippen LogP contribution in [0.15, 0.2) is 27.2 Å². The number of aliphatic hydroxyl groups is 1. The summed E-state index contributed by atoms with van der Waals surface area (Å²) in [6.07, 6.45) is -4.48. The van der Waals surface area contributed by atoms with Gasteiger partial charge in [-0.15, -0.1) is 0 Å². The van der Waals surface area contributed by atoms with E-state index in [1.165, 1.54) is 12.1 Å². The summed E-state index contributed by atoms with van der Waals surface area (Å²) in [5.74, 6) is -0.0569. The van der Waals surface area contributed by atoms with E-state index in [4.69, 9.17) is 9.63 Å². The molecule has 0 radical (unpaired) electrons. The van der Waals surface area contributed by atoms with Crippen LogP contribution >= 0.6 is 15.9 Å². The average Bonchev–Trinajstić information content (AvgIpc) is 2.76. The summed E-state index contributed by atoms with van der Waals surface area (Å²) in [4.78, 5) is 3.74. The van der Waals surface area contributed by atoms with E-state index in [1.54, 1.807) is 0 Å². The molecule has 0 spiro atoms. The Balaban J connectivity index is 2.47. The Morgan fingerprint density at radius 2 is 2.06 bits per heavy atom. The molecular formula is C10H6BrF3N2O2. The lowest BCUT2D eigenvalue weighted by atomic mass is 10.1. The van der Waals surface area contributed by atoms with E-state index in [2.05, 4.69) is 26.1 Å². The smallest absolute Gasteiger partial charge is 0.388 e. The number of hydrogen-bond acceptors (Lipinski definition) is 4. The van der Waals surface area contributed by atoms with Gasteiger partial charge in [-0.05, 0) is 18.2 Å². The molecule has 2 aromatic rings. The van der Waals surface area contributed by atoms with Crippen molar-refractivity contribution in [1.82, 2.24) is 10.1 Å². The van der Waals surface area contributed by atoms with E-state index in [-0.39, 0.29) is 21.8 Å². The molecule has 0 aliphatic carbocycles. The van der Waals surface area contributed by atoms with Crippen LogP contribution in [0.4, 0.5) is 13.2 Å². The first kappa shape index (κ1) is 13.0. The van der Waals surface area contributed by atoms with Gasteiger partial charge in [0, 0.05) is 10.0 Å². The van der Waals surface area contributed by atoms with Gasteiger partial charge in [0.25, 0.3) is 5.89 Å². The fraction of sp³-hybridized carbons (Fsp3) is 0.200. The quantitative estimate of drug-likeness (QED) is 0.923. The highest BCUT2D eigenvalue weighted by Gasteiger charge is 2.33. The molecule has 4 nitrogen and oxygen atoms in total. The largest absolute Gasteiger partial charge is 0.417 e. The molecule has 1 heterocycles. The Bertz CT molecular complexity index is 568. The summed E-state index contributed by atoms with van der Waals surface area (Å²) < 4.78 is 42.7. The average molecular weight is 323 g/mol. The molecule has 0 fully saturated rings. The van der Waals surface area contributed by atoms with E-state index in [1.807, 2.05) is 0 Å². The van der Waals surface area contributed by atoms with Gasteiger partial charge in [-0.25, -0.2) is 0 Å². The second-order valence-electron chi connectivity index (χ2n) is 3.37. The Kier molecular flexibility index (Phi) is 3.40. The van der Waals surface area contributed by atoms with Gasteiger partial charge in [-0.3, -0.25) is 0 Å². The second-order valence-corrected chi connectivity index (χ2v) is 4.22. The highest BCUT2D eigenvalue weighted by atomic mass is 79.9. The third kappa shape index (κ3) is 2.54. The zero-order valence-electron chi connectivity index (χ0n) is 8.70. The van der Waals surface area contributed by atoms with Crippen LogP contribution in [0.3, 0.4) is 0 Å². The first-order valence-corrected chi connectivity index (χ1v) is 5.51. The number of aromatic nitrogens is 2. The Morgan fingerprint density at radius 1 is 1.33 bits per heavy atom. The van der Waals surface area contributed by atoms with Crippen LogP contribution in [0, 0.1) is 0 Å².